The van der Waals surface area contributed by atoms with Crippen molar-refractivity contribution in [2.24, 2.45) is 0 Å². The van der Waals surface area contributed by atoms with E-state index in [0.29, 0.717) is 0 Å². The topological polar surface area (TPSA) is 39.7 Å². The van der Waals surface area contributed by atoms with Gasteiger partial charge in [-0.15, -0.1) is 11.3 Å². The summed E-state index contributed by atoms with van der Waals surface area (Å²) < 4.78 is 13.3. The van der Waals surface area contributed by atoms with Crippen molar-refractivity contribution in [3.05, 3.63) is 41.7 Å². The van der Waals surface area contributed by atoms with Crippen molar-refractivity contribution in [3.63, 3.8) is 0 Å². The highest BCUT2D eigenvalue weighted by atomic mass is 32.1. The molecule has 7 heteroatoms. The van der Waals surface area contributed by atoms with Gasteiger partial charge in [-0.2, -0.15) is 0 Å². The van der Waals surface area contributed by atoms with Gasteiger partial charge in [0.1, 0.15) is 5.82 Å². The molecule has 1 saturated carbocycles. The van der Waals surface area contributed by atoms with E-state index in [0.717, 1.165) is 56.3 Å². The summed E-state index contributed by atoms with van der Waals surface area (Å²) in [6.45, 7) is 5.51. The Balaban J connectivity index is 1.44. The number of carbonyl (C=O) groups excluding carboxylic acids is 1. The number of amides is 1. The van der Waals surface area contributed by atoms with Crippen molar-refractivity contribution in [1.82, 2.24) is 9.88 Å². The largest absolute Gasteiger partial charge is 0.370 e. The third kappa shape index (κ3) is 4.83. The summed E-state index contributed by atoms with van der Waals surface area (Å²) in [7, 11) is 0. The first-order valence-electron chi connectivity index (χ1n) is 11.1. The third-order valence-corrected chi connectivity index (χ3v) is 7.20. The van der Waals surface area contributed by atoms with E-state index in [1.54, 1.807) is 17.5 Å². The van der Waals surface area contributed by atoms with Crippen LogP contribution in [0, 0.1) is 5.82 Å². The van der Waals surface area contributed by atoms with Gasteiger partial charge in [0.25, 0.3) is 0 Å². The van der Waals surface area contributed by atoms with Crippen LogP contribution in [0.3, 0.4) is 0 Å². The minimum Gasteiger partial charge on any atom is -0.370 e. The van der Waals surface area contributed by atoms with Crippen LogP contribution < -0.4 is 9.80 Å². The van der Waals surface area contributed by atoms with E-state index >= 15 is 0 Å². The van der Waals surface area contributed by atoms with Crippen LogP contribution in [0.4, 0.5) is 15.2 Å². The van der Waals surface area contributed by atoms with Crippen molar-refractivity contribution in [2.75, 3.05) is 36.0 Å². The fourth-order valence-corrected chi connectivity index (χ4v) is 5.41. The quantitative estimate of drug-likeness (QED) is 0.698. The predicted molar refractivity (Wildman–Crippen MR) is 121 cm³/mol. The van der Waals surface area contributed by atoms with E-state index in [1.165, 1.54) is 31.4 Å². The SMILES string of the molecule is CC(C(=O)N(c1nccs1)C1CCCCC1)N1CCCN(c2ccc(F)cc2)CC1. The third-order valence-electron chi connectivity index (χ3n) is 6.43. The maximum Gasteiger partial charge on any atom is 0.246 e. The summed E-state index contributed by atoms with van der Waals surface area (Å²) in [5, 5.41) is 2.79. The Morgan fingerprint density at radius 2 is 1.87 bits per heavy atom. The minimum absolute atomic E-state index is 0.173. The maximum atomic E-state index is 13.6. The molecule has 1 amide bonds. The van der Waals surface area contributed by atoms with E-state index < -0.39 is 0 Å². The normalized spacial score (nSPS) is 20.0. The van der Waals surface area contributed by atoms with Gasteiger partial charge in [0, 0.05) is 49.5 Å². The maximum absolute atomic E-state index is 13.6. The molecule has 1 aliphatic heterocycles. The van der Waals surface area contributed by atoms with E-state index in [4.69, 9.17) is 0 Å². The second kappa shape index (κ2) is 9.88. The number of hydrogen-bond acceptors (Lipinski definition) is 5. The van der Waals surface area contributed by atoms with Crippen molar-refractivity contribution in [3.8, 4) is 0 Å². The second-order valence-electron chi connectivity index (χ2n) is 8.34. The van der Waals surface area contributed by atoms with Crippen LogP contribution in [-0.2, 0) is 4.79 Å². The zero-order chi connectivity index (χ0) is 20.9. The average Bonchev–Trinajstić information content (AvgIpc) is 3.18. The molecule has 1 saturated heterocycles. The lowest BCUT2D eigenvalue weighted by atomic mass is 9.94. The van der Waals surface area contributed by atoms with Crippen LogP contribution in [0.5, 0.6) is 0 Å². The molecule has 1 aromatic heterocycles. The second-order valence-corrected chi connectivity index (χ2v) is 9.22. The number of thiazole rings is 1. The highest BCUT2D eigenvalue weighted by Gasteiger charge is 2.34. The standard InChI is InChI=1S/C23H31FN4OS/c1-18(22(29)28(23-25-12-17-30-23)21-6-3-2-4-7-21)26-13-5-14-27(16-15-26)20-10-8-19(24)9-11-20/h8-12,17-18,21H,2-7,13-16H2,1H3. The lowest BCUT2D eigenvalue weighted by Crippen LogP contribution is -2.52. The summed E-state index contributed by atoms with van der Waals surface area (Å²) in [5.41, 5.74) is 1.05. The van der Waals surface area contributed by atoms with Gasteiger partial charge in [-0.05, 0) is 50.5 Å². The van der Waals surface area contributed by atoms with Gasteiger partial charge in [-0.1, -0.05) is 19.3 Å². The van der Waals surface area contributed by atoms with Gasteiger partial charge >= 0.3 is 0 Å². The predicted octanol–water partition coefficient (Wildman–Crippen LogP) is 4.55. The number of hydrogen-bond donors (Lipinski definition) is 0. The molecule has 5 nitrogen and oxygen atoms in total. The van der Waals surface area contributed by atoms with Gasteiger partial charge in [0.2, 0.25) is 5.91 Å². The average molecular weight is 431 g/mol. The summed E-state index contributed by atoms with van der Waals surface area (Å²) in [6, 6.07) is 6.80. The van der Waals surface area contributed by atoms with Crippen molar-refractivity contribution >= 4 is 28.1 Å². The molecule has 0 bridgehead atoms. The summed E-state index contributed by atoms with van der Waals surface area (Å²) in [4.78, 5) is 24.7. The number of halogens is 1. The highest BCUT2D eigenvalue weighted by molar-refractivity contribution is 7.13. The van der Waals surface area contributed by atoms with Crippen molar-refractivity contribution in [2.45, 2.75) is 57.5 Å². The molecule has 0 N–H and O–H groups in total. The first-order chi connectivity index (χ1) is 14.6. The molecule has 30 heavy (non-hydrogen) atoms. The molecule has 2 heterocycles. The first kappa shape index (κ1) is 21.2. The molecule has 4 rings (SSSR count). The Bertz CT molecular complexity index is 807. The van der Waals surface area contributed by atoms with Gasteiger partial charge in [0.15, 0.2) is 5.13 Å². The molecule has 1 unspecified atom stereocenters. The number of aromatic nitrogens is 1. The molecule has 0 radical (unpaired) electrons. The Morgan fingerprint density at radius 1 is 1.10 bits per heavy atom. The number of rotatable bonds is 5. The molecular weight excluding hydrogens is 399 g/mol. The zero-order valence-electron chi connectivity index (χ0n) is 17.7. The molecular formula is C23H31FN4OS. The number of carbonyl (C=O) groups is 1. The molecule has 2 aromatic rings. The fraction of sp³-hybridized carbons (Fsp3) is 0.565. The number of anilines is 2. The van der Waals surface area contributed by atoms with Crippen LogP contribution >= 0.6 is 11.3 Å². The molecule has 0 spiro atoms. The molecule has 1 aliphatic carbocycles. The Morgan fingerprint density at radius 3 is 2.57 bits per heavy atom. The van der Waals surface area contributed by atoms with E-state index in [2.05, 4.69) is 14.8 Å². The zero-order valence-corrected chi connectivity index (χ0v) is 18.5. The summed E-state index contributed by atoms with van der Waals surface area (Å²) in [6.07, 6.45) is 8.54. The van der Waals surface area contributed by atoms with Crippen molar-refractivity contribution < 1.29 is 9.18 Å². The molecule has 162 valence electrons. The van der Waals surface area contributed by atoms with Crippen LogP contribution in [0.2, 0.25) is 0 Å². The smallest absolute Gasteiger partial charge is 0.246 e. The highest BCUT2D eigenvalue weighted by Crippen LogP contribution is 2.30. The van der Waals surface area contributed by atoms with E-state index in [-0.39, 0.29) is 23.8 Å². The molecule has 2 fully saturated rings. The monoisotopic (exact) mass is 430 g/mol. The Kier molecular flexibility index (Phi) is 7.00. The lowest BCUT2D eigenvalue weighted by Gasteiger charge is -2.37. The van der Waals surface area contributed by atoms with E-state index in [1.807, 2.05) is 29.3 Å². The molecule has 2 aliphatic rings. The Hall–Kier alpha value is -1.99. The van der Waals surface area contributed by atoms with Crippen molar-refractivity contribution in [1.29, 1.82) is 0 Å². The lowest BCUT2D eigenvalue weighted by molar-refractivity contribution is -0.123. The van der Waals surface area contributed by atoms with Crippen LogP contribution in [-0.4, -0.2) is 54.1 Å². The van der Waals surface area contributed by atoms with Crippen LogP contribution in [0.25, 0.3) is 0 Å². The summed E-state index contributed by atoms with van der Waals surface area (Å²) in [5.74, 6) is -0.0357. The number of benzene rings is 1. The fourth-order valence-electron chi connectivity index (χ4n) is 4.70. The van der Waals surface area contributed by atoms with Crippen LogP contribution in [0.1, 0.15) is 45.4 Å². The van der Waals surface area contributed by atoms with Gasteiger partial charge < -0.3 is 4.90 Å². The van der Waals surface area contributed by atoms with Gasteiger partial charge in [-0.3, -0.25) is 14.6 Å². The van der Waals surface area contributed by atoms with Crippen LogP contribution in [0.15, 0.2) is 35.8 Å². The van der Waals surface area contributed by atoms with Gasteiger partial charge in [-0.25, -0.2) is 9.37 Å². The van der Waals surface area contributed by atoms with E-state index in [9.17, 15) is 9.18 Å². The number of nitrogens with zero attached hydrogens (tertiary/aromatic N) is 4. The minimum atomic E-state index is -0.209. The Labute approximate surface area is 182 Å². The van der Waals surface area contributed by atoms with Gasteiger partial charge in [0.05, 0.1) is 6.04 Å². The molecule has 1 aromatic carbocycles. The molecule has 1 atom stereocenters. The summed E-state index contributed by atoms with van der Waals surface area (Å²) >= 11 is 1.56. The first-order valence-corrected chi connectivity index (χ1v) is 12.0.